The minimum atomic E-state index is -4.58. The highest BCUT2D eigenvalue weighted by atomic mass is 35.5. The number of ether oxygens (including phenoxy) is 1. The van der Waals surface area contributed by atoms with Crippen LogP contribution in [0.4, 0.5) is 24.7 Å². The lowest BCUT2D eigenvalue weighted by Crippen LogP contribution is -2.19. The molecule has 0 atom stereocenters. The molecule has 0 aliphatic heterocycles. The summed E-state index contributed by atoms with van der Waals surface area (Å²) in [7, 11) is 1.49. The average molecular weight is 360 g/mol. The molecule has 0 saturated carbocycles. The summed E-state index contributed by atoms with van der Waals surface area (Å²) in [5.74, 6) is -0.0769. The van der Waals surface area contributed by atoms with Gasteiger partial charge < -0.3 is 9.64 Å². The van der Waals surface area contributed by atoms with Gasteiger partial charge in [0.1, 0.15) is 5.56 Å². The van der Waals surface area contributed by atoms with E-state index in [4.69, 9.17) is 16.3 Å². The molecule has 0 saturated heterocycles. The van der Waals surface area contributed by atoms with Crippen LogP contribution in [0, 0.1) is 5.92 Å². The molecule has 130 valence electrons. The zero-order valence-electron chi connectivity index (χ0n) is 13.4. The van der Waals surface area contributed by atoms with E-state index in [2.05, 4.69) is 9.97 Å². The molecular formula is C16H17ClF3N3O. The minimum absolute atomic E-state index is 0.0903. The Hall–Kier alpha value is -2.02. The molecule has 8 heteroatoms. The van der Waals surface area contributed by atoms with Gasteiger partial charge in [-0.15, -0.1) is 0 Å². The normalized spacial score (nSPS) is 11.7. The monoisotopic (exact) mass is 359 g/mol. The highest BCUT2D eigenvalue weighted by Gasteiger charge is 2.36. The van der Waals surface area contributed by atoms with Crippen LogP contribution in [0.15, 0.2) is 30.5 Å². The van der Waals surface area contributed by atoms with Gasteiger partial charge in [0, 0.05) is 24.0 Å². The minimum Gasteiger partial charge on any atom is -0.463 e. The van der Waals surface area contributed by atoms with Crippen molar-refractivity contribution in [1.29, 1.82) is 0 Å². The highest BCUT2D eigenvalue weighted by Crippen LogP contribution is 2.37. The van der Waals surface area contributed by atoms with Crippen LogP contribution in [0.1, 0.15) is 19.4 Å². The Morgan fingerprint density at radius 3 is 2.38 bits per heavy atom. The lowest BCUT2D eigenvalue weighted by Gasteiger charge is -2.22. The Balaban J connectivity index is 2.42. The fraction of sp³-hybridized carbons (Fsp3) is 0.375. The number of alkyl halides is 3. The van der Waals surface area contributed by atoms with Crippen molar-refractivity contribution < 1.29 is 17.9 Å². The van der Waals surface area contributed by atoms with E-state index < -0.39 is 11.7 Å². The second-order valence-electron chi connectivity index (χ2n) is 5.63. The number of aromatic nitrogens is 2. The van der Waals surface area contributed by atoms with Crippen molar-refractivity contribution in [3.05, 3.63) is 41.0 Å². The molecule has 0 aliphatic carbocycles. The first-order chi connectivity index (χ1) is 11.2. The van der Waals surface area contributed by atoms with Gasteiger partial charge in [-0.3, -0.25) is 0 Å². The molecule has 0 N–H and O–H groups in total. The van der Waals surface area contributed by atoms with Crippen molar-refractivity contribution in [2.75, 3.05) is 18.6 Å². The van der Waals surface area contributed by atoms with Gasteiger partial charge in [0.25, 0.3) is 0 Å². The first kappa shape index (κ1) is 18.3. The SMILES string of the molecule is CC(C)COc1ncc(C(F)(F)F)c(N(C)c2ccc(Cl)cc2)n1. The van der Waals surface area contributed by atoms with E-state index in [-0.39, 0.29) is 17.7 Å². The lowest BCUT2D eigenvalue weighted by atomic mass is 10.2. The number of benzene rings is 1. The van der Waals surface area contributed by atoms with Crippen LogP contribution in [0.3, 0.4) is 0 Å². The number of anilines is 2. The van der Waals surface area contributed by atoms with Gasteiger partial charge in [0.15, 0.2) is 5.82 Å². The zero-order chi connectivity index (χ0) is 17.9. The lowest BCUT2D eigenvalue weighted by molar-refractivity contribution is -0.137. The Kier molecular flexibility index (Phi) is 5.54. The van der Waals surface area contributed by atoms with E-state index in [0.29, 0.717) is 17.3 Å². The second-order valence-corrected chi connectivity index (χ2v) is 6.06. The Bertz CT molecular complexity index is 690. The predicted molar refractivity (Wildman–Crippen MR) is 86.9 cm³/mol. The number of rotatable bonds is 5. The molecule has 1 aromatic carbocycles. The number of hydrogen-bond donors (Lipinski definition) is 0. The van der Waals surface area contributed by atoms with Gasteiger partial charge >= 0.3 is 12.2 Å². The van der Waals surface area contributed by atoms with E-state index in [1.165, 1.54) is 11.9 Å². The van der Waals surface area contributed by atoms with Crippen LogP contribution in [0.2, 0.25) is 5.02 Å². The summed E-state index contributed by atoms with van der Waals surface area (Å²) in [6.07, 6.45) is -3.84. The molecule has 0 amide bonds. The van der Waals surface area contributed by atoms with Gasteiger partial charge in [-0.1, -0.05) is 25.4 Å². The van der Waals surface area contributed by atoms with E-state index >= 15 is 0 Å². The van der Waals surface area contributed by atoms with Crippen LogP contribution in [0.25, 0.3) is 0 Å². The zero-order valence-corrected chi connectivity index (χ0v) is 14.2. The van der Waals surface area contributed by atoms with Crippen LogP contribution < -0.4 is 9.64 Å². The van der Waals surface area contributed by atoms with Crippen molar-refractivity contribution in [2.24, 2.45) is 5.92 Å². The first-order valence-electron chi connectivity index (χ1n) is 7.25. The van der Waals surface area contributed by atoms with E-state index in [9.17, 15) is 13.2 Å². The fourth-order valence-corrected chi connectivity index (χ4v) is 2.04. The number of hydrogen-bond acceptors (Lipinski definition) is 4. The van der Waals surface area contributed by atoms with Crippen molar-refractivity contribution in [3.8, 4) is 6.01 Å². The molecule has 0 spiro atoms. The van der Waals surface area contributed by atoms with Crippen LogP contribution in [-0.2, 0) is 6.18 Å². The smallest absolute Gasteiger partial charge is 0.421 e. The Morgan fingerprint density at radius 2 is 1.83 bits per heavy atom. The van der Waals surface area contributed by atoms with Gasteiger partial charge in [0.05, 0.1) is 6.61 Å². The maximum Gasteiger partial charge on any atom is 0.421 e. The summed E-state index contributed by atoms with van der Waals surface area (Å²) in [5.41, 5.74) is -0.421. The predicted octanol–water partition coefficient (Wildman–Crippen LogP) is 4.95. The standard InChI is InChI=1S/C16H17ClF3N3O/c1-10(2)9-24-15-21-8-13(16(18,19)20)14(22-15)23(3)12-6-4-11(17)5-7-12/h4-8,10H,9H2,1-3H3. The van der Waals surface area contributed by atoms with Gasteiger partial charge in [-0.05, 0) is 30.2 Å². The van der Waals surface area contributed by atoms with Gasteiger partial charge in [-0.2, -0.15) is 18.2 Å². The molecule has 0 bridgehead atoms. The summed E-state index contributed by atoms with van der Waals surface area (Å²) < 4.78 is 45.1. The molecule has 2 aromatic rings. The maximum absolute atomic E-state index is 13.3. The summed E-state index contributed by atoms with van der Waals surface area (Å²) in [6, 6.07) is 6.32. The maximum atomic E-state index is 13.3. The highest BCUT2D eigenvalue weighted by molar-refractivity contribution is 6.30. The molecule has 1 aromatic heterocycles. The topological polar surface area (TPSA) is 38.2 Å². The van der Waals surface area contributed by atoms with Crippen LogP contribution in [0.5, 0.6) is 6.01 Å². The van der Waals surface area contributed by atoms with Crippen molar-refractivity contribution in [1.82, 2.24) is 9.97 Å². The molecule has 2 rings (SSSR count). The van der Waals surface area contributed by atoms with Crippen molar-refractivity contribution in [3.63, 3.8) is 0 Å². The molecule has 0 aliphatic rings. The number of nitrogens with zero attached hydrogens (tertiary/aromatic N) is 3. The summed E-state index contributed by atoms with van der Waals surface area (Å²) in [5, 5.41) is 0.492. The van der Waals surface area contributed by atoms with E-state index in [1.807, 2.05) is 13.8 Å². The van der Waals surface area contributed by atoms with Crippen LogP contribution in [-0.4, -0.2) is 23.6 Å². The largest absolute Gasteiger partial charge is 0.463 e. The third-order valence-electron chi connectivity index (χ3n) is 3.13. The molecular weight excluding hydrogens is 343 g/mol. The Morgan fingerprint density at radius 1 is 1.21 bits per heavy atom. The second kappa shape index (κ2) is 7.25. The summed E-state index contributed by atoms with van der Waals surface area (Å²) in [6.45, 7) is 4.16. The van der Waals surface area contributed by atoms with Crippen LogP contribution >= 0.6 is 11.6 Å². The molecule has 24 heavy (non-hydrogen) atoms. The number of halogens is 4. The summed E-state index contributed by atoms with van der Waals surface area (Å²) in [4.78, 5) is 8.94. The Labute approximate surface area is 143 Å². The first-order valence-corrected chi connectivity index (χ1v) is 7.62. The molecule has 1 heterocycles. The molecule has 0 unspecified atom stereocenters. The van der Waals surface area contributed by atoms with Crippen molar-refractivity contribution in [2.45, 2.75) is 20.0 Å². The average Bonchev–Trinajstić information content (AvgIpc) is 2.51. The molecule has 0 fully saturated rings. The van der Waals surface area contributed by atoms with Crippen molar-refractivity contribution >= 4 is 23.1 Å². The third-order valence-corrected chi connectivity index (χ3v) is 3.38. The quantitative estimate of drug-likeness (QED) is 0.757. The van der Waals surface area contributed by atoms with Gasteiger partial charge in [0.2, 0.25) is 0 Å². The fourth-order valence-electron chi connectivity index (χ4n) is 1.91. The van der Waals surface area contributed by atoms with E-state index in [1.54, 1.807) is 24.3 Å². The molecule has 4 nitrogen and oxygen atoms in total. The van der Waals surface area contributed by atoms with E-state index in [0.717, 1.165) is 6.20 Å². The van der Waals surface area contributed by atoms with Gasteiger partial charge in [-0.25, -0.2) is 4.98 Å². The molecule has 0 radical (unpaired) electrons. The summed E-state index contributed by atoms with van der Waals surface area (Å²) >= 11 is 5.82. The third kappa shape index (κ3) is 4.50.